The number of nitrogens with two attached hydrogens (primary N) is 1. The van der Waals surface area contributed by atoms with Crippen molar-refractivity contribution in [3.63, 3.8) is 0 Å². The van der Waals surface area contributed by atoms with Crippen molar-refractivity contribution in [3.8, 4) is 0 Å². The molecule has 0 spiro atoms. The maximum absolute atomic E-state index is 12.8. The fourth-order valence-corrected chi connectivity index (χ4v) is 2.41. The molecule has 6 nitrogen and oxygen atoms in total. The van der Waals surface area contributed by atoms with Gasteiger partial charge in [-0.05, 0) is 26.2 Å². The second kappa shape index (κ2) is 6.75. The Morgan fingerprint density at radius 2 is 2.21 bits per heavy atom. The predicted octanol–water partition coefficient (Wildman–Crippen LogP) is 1.18. The highest BCUT2D eigenvalue weighted by Gasteiger charge is 2.50. The molecule has 1 aliphatic carbocycles. The first-order chi connectivity index (χ1) is 9.03. The van der Waals surface area contributed by atoms with E-state index in [1.54, 1.807) is 12.0 Å². The van der Waals surface area contributed by atoms with Gasteiger partial charge in [0.1, 0.15) is 5.41 Å². The Bertz CT molecular complexity index is 340. The average Bonchev–Trinajstić information content (AvgIpc) is 2.37. The molecule has 1 saturated carbocycles. The molecule has 110 valence electrons. The topological polar surface area (TPSA) is 88.2 Å². The Morgan fingerprint density at radius 3 is 2.58 bits per heavy atom. The first kappa shape index (κ1) is 15.8. The number of carbonyl (C=O) groups excluding carboxylic acids is 1. The lowest BCUT2D eigenvalue weighted by Crippen LogP contribution is -2.57. The van der Waals surface area contributed by atoms with E-state index in [1.807, 2.05) is 13.8 Å². The summed E-state index contributed by atoms with van der Waals surface area (Å²) in [5, 5.41) is 12.0. The van der Waals surface area contributed by atoms with Gasteiger partial charge in [-0.25, -0.2) is 0 Å². The van der Waals surface area contributed by atoms with E-state index in [0.29, 0.717) is 26.0 Å². The summed E-state index contributed by atoms with van der Waals surface area (Å²) in [7, 11) is 1.61. The lowest BCUT2D eigenvalue weighted by molar-refractivity contribution is -0.145. The van der Waals surface area contributed by atoms with E-state index in [1.165, 1.54) is 0 Å². The molecule has 1 unspecified atom stereocenters. The second-order valence-corrected chi connectivity index (χ2v) is 5.17. The standard InChI is InChI=1S/C13H25N3O3/c1-4-10(2)16(8-9-19-3)12(17)13(6-5-7-13)11(14)15-18/h10,18H,4-9H2,1-3H3,(H2,14,15). The molecule has 1 rings (SSSR count). The van der Waals surface area contributed by atoms with Crippen LogP contribution in [-0.4, -0.2) is 48.2 Å². The maximum Gasteiger partial charge on any atom is 0.236 e. The quantitative estimate of drug-likeness (QED) is 0.315. The smallest absolute Gasteiger partial charge is 0.236 e. The molecule has 1 amide bonds. The molecular weight excluding hydrogens is 246 g/mol. The van der Waals surface area contributed by atoms with Gasteiger partial charge in [0.25, 0.3) is 0 Å². The largest absolute Gasteiger partial charge is 0.409 e. The predicted molar refractivity (Wildman–Crippen MR) is 73.0 cm³/mol. The van der Waals surface area contributed by atoms with Gasteiger partial charge >= 0.3 is 0 Å². The van der Waals surface area contributed by atoms with Crippen molar-refractivity contribution in [2.75, 3.05) is 20.3 Å². The summed E-state index contributed by atoms with van der Waals surface area (Å²) in [5.41, 5.74) is 4.94. The number of carbonyl (C=O) groups is 1. The van der Waals surface area contributed by atoms with E-state index < -0.39 is 5.41 Å². The molecule has 1 fully saturated rings. The maximum atomic E-state index is 12.8. The Morgan fingerprint density at radius 1 is 1.58 bits per heavy atom. The molecule has 0 radical (unpaired) electrons. The Hall–Kier alpha value is -1.30. The van der Waals surface area contributed by atoms with Crippen LogP contribution in [0.2, 0.25) is 0 Å². The number of nitrogens with zero attached hydrogens (tertiary/aromatic N) is 2. The zero-order chi connectivity index (χ0) is 14.5. The molecule has 0 aliphatic heterocycles. The monoisotopic (exact) mass is 271 g/mol. The lowest BCUT2D eigenvalue weighted by atomic mass is 9.66. The van der Waals surface area contributed by atoms with Crippen molar-refractivity contribution >= 4 is 11.7 Å². The molecular formula is C13H25N3O3. The van der Waals surface area contributed by atoms with Crippen molar-refractivity contribution in [2.24, 2.45) is 16.3 Å². The van der Waals surface area contributed by atoms with Crippen LogP contribution >= 0.6 is 0 Å². The number of oxime groups is 1. The van der Waals surface area contributed by atoms with Gasteiger partial charge in [-0.1, -0.05) is 18.5 Å². The van der Waals surface area contributed by atoms with Crippen LogP contribution in [0.15, 0.2) is 5.16 Å². The van der Waals surface area contributed by atoms with Crippen molar-refractivity contribution in [2.45, 2.75) is 45.6 Å². The van der Waals surface area contributed by atoms with Crippen molar-refractivity contribution in [1.29, 1.82) is 0 Å². The van der Waals surface area contributed by atoms with Crippen LogP contribution in [0.5, 0.6) is 0 Å². The van der Waals surface area contributed by atoms with E-state index in [9.17, 15) is 4.79 Å². The van der Waals surface area contributed by atoms with Gasteiger partial charge in [0.2, 0.25) is 5.91 Å². The minimum Gasteiger partial charge on any atom is -0.409 e. The molecule has 1 aliphatic rings. The number of hydrogen-bond donors (Lipinski definition) is 2. The minimum absolute atomic E-state index is 0.0365. The second-order valence-electron chi connectivity index (χ2n) is 5.17. The number of methoxy groups -OCH3 is 1. The van der Waals surface area contributed by atoms with Crippen LogP contribution in [0.3, 0.4) is 0 Å². The van der Waals surface area contributed by atoms with Crippen molar-refractivity contribution in [1.82, 2.24) is 4.90 Å². The lowest BCUT2D eigenvalue weighted by Gasteiger charge is -2.44. The van der Waals surface area contributed by atoms with Gasteiger partial charge in [-0.3, -0.25) is 4.79 Å². The van der Waals surface area contributed by atoms with Gasteiger partial charge in [-0.15, -0.1) is 0 Å². The van der Waals surface area contributed by atoms with Gasteiger partial charge in [0.05, 0.1) is 6.61 Å². The highest BCUT2D eigenvalue weighted by atomic mass is 16.5. The van der Waals surface area contributed by atoms with Crippen LogP contribution in [0.25, 0.3) is 0 Å². The van der Waals surface area contributed by atoms with E-state index >= 15 is 0 Å². The molecule has 0 aromatic heterocycles. The van der Waals surface area contributed by atoms with Gasteiger partial charge in [-0.2, -0.15) is 0 Å². The van der Waals surface area contributed by atoms with E-state index in [-0.39, 0.29) is 17.8 Å². The number of amides is 1. The number of rotatable bonds is 7. The summed E-state index contributed by atoms with van der Waals surface area (Å²) >= 11 is 0. The van der Waals surface area contributed by atoms with Crippen molar-refractivity contribution < 1.29 is 14.7 Å². The summed E-state index contributed by atoms with van der Waals surface area (Å²) in [6, 6.07) is 0.117. The minimum atomic E-state index is -0.800. The molecule has 0 aromatic carbocycles. The third-order valence-electron chi connectivity index (χ3n) is 4.13. The Balaban J connectivity index is 2.91. The molecule has 0 saturated heterocycles. The molecule has 0 heterocycles. The molecule has 19 heavy (non-hydrogen) atoms. The van der Waals surface area contributed by atoms with Crippen LogP contribution in [0.4, 0.5) is 0 Å². The fraction of sp³-hybridized carbons (Fsp3) is 0.846. The van der Waals surface area contributed by atoms with Crippen LogP contribution in [0.1, 0.15) is 39.5 Å². The first-order valence-corrected chi connectivity index (χ1v) is 6.81. The first-order valence-electron chi connectivity index (χ1n) is 6.81. The summed E-state index contributed by atoms with van der Waals surface area (Å²) in [5.74, 6) is -0.00470. The van der Waals surface area contributed by atoms with Gasteiger partial charge < -0.3 is 20.6 Å². The Kier molecular flexibility index (Phi) is 5.60. The summed E-state index contributed by atoms with van der Waals surface area (Å²) in [6.07, 6.45) is 3.10. The zero-order valence-corrected chi connectivity index (χ0v) is 12.1. The normalized spacial score (nSPS) is 19.6. The molecule has 6 heteroatoms. The third-order valence-corrected chi connectivity index (χ3v) is 4.13. The van der Waals surface area contributed by atoms with Gasteiger partial charge in [0.15, 0.2) is 5.84 Å². The van der Waals surface area contributed by atoms with Crippen molar-refractivity contribution in [3.05, 3.63) is 0 Å². The molecule has 0 aromatic rings. The molecule has 3 N–H and O–H groups in total. The van der Waals surface area contributed by atoms with Crippen LogP contribution in [0, 0.1) is 5.41 Å². The Labute approximate surface area is 114 Å². The van der Waals surface area contributed by atoms with E-state index in [2.05, 4.69) is 5.16 Å². The highest BCUT2D eigenvalue weighted by molar-refractivity contribution is 6.07. The van der Waals surface area contributed by atoms with Crippen LogP contribution in [-0.2, 0) is 9.53 Å². The van der Waals surface area contributed by atoms with E-state index in [4.69, 9.17) is 15.7 Å². The summed E-state index contributed by atoms with van der Waals surface area (Å²) < 4.78 is 5.06. The number of ether oxygens (including phenoxy) is 1. The number of hydrogen-bond acceptors (Lipinski definition) is 4. The van der Waals surface area contributed by atoms with Crippen LogP contribution < -0.4 is 5.73 Å². The molecule has 0 bridgehead atoms. The molecule has 1 atom stereocenters. The third kappa shape index (κ3) is 3.00. The zero-order valence-electron chi connectivity index (χ0n) is 12.1. The summed E-state index contributed by atoms with van der Waals surface area (Å²) in [6.45, 7) is 5.06. The van der Waals surface area contributed by atoms with E-state index in [0.717, 1.165) is 12.8 Å². The fourth-order valence-electron chi connectivity index (χ4n) is 2.41. The SMILES string of the molecule is CCC(C)N(CCOC)C(=O)C1(C(N)=NO)CCC1. The average molecular weight is 271 g/mol. The number of amidine groups is 1. The van der Waals surface area contributed by atoms with Gasteiger partial charge in [0, 0.05) is 19.7 Å². The highest BCUT2D eigenvalue weighted by Crippen LogP contribution is 2.43. The summed E-state index contributed by atoms with van der Waals surface area (Å²) in [4.78, 5) is 14.5.